The van der Waals surface area contributed by atoms with Crippen molar-refractivity contribution >= 4 is 23.7 Å². The molecule has 29 heavy (non-hydrogen) atoms. The number of aryl methyl sites for hydroxylation is 1. The number of hydrogen-bond donors (Lipinski definition) is 2. The number of carbonyl (C=O) groups is 1. The lowest BCUT2D eigenvalue weighted by molar-refractivity contribution is 0.0932. The zero-order valence-corrected chi connectivity index (χ0v) is 16.5. The van der Waals surface area contributed by atoms with Gasteiger partial charge in [-0.25, -0.2) is 0 Å². The summed E-state index contributed by atoms with van der Waals surface area (Å²) in [6.45, 7) is -0.352. The minimum atomic E-state index is -0.717. The molecular formula is C19H19ClN6O3. The molecule has 2 N–H and O–H groups in total. The number of hydrogen-bond acceptors (Lipinski definition) is 6. The number of benzene rings is 1. The fraction of sp³-hybridized carbons (Fsp3) is 0.211. The Balaban J connectivity index is 2.13. The first kappa shape index (κ1) is 20.4. The molecule has 0 saturated carbocycles. The van der Waals surface area contributed by atoms with E-state index in [-0.39, 0.29) is 12.2 Å². The average Bonchev–Trinajstić information content (AvgIpc) is 3.14. The SMILES string of the molecule is C/N=C/[C@@H](CO)NC(=O)c1cc(-c2ccc(Cl)cc2)nn(-c2cnn(C)c2)c1=O. The second kappa shape index (κ2) is 8.80. The van der Waals surface area contributed by atoms with Crippen molar-refractivity contribution < 1.29 is 9.90 Å². The van der Waals surface area contributed by atoms with Gasteiger partial charge in [0.2, 0.25) is 0 Å². The minimum absolute atomic E-state index is 0.128. The summed E-state index contributed by atoms with van der Waals surface area (Å²) in [6, 6.07) is 7.56. The van der Waals surface area contributed by atoms with Gasteiger partial charge in [0.1, 0.15) is 11.3 Å². The Morgan fingerprint density at radius 1 is 1.38 bits per heavy atom. The predicted octanol–water partition coefficient (Wildman–Crippen LogP) is 1.08. The average molecular weight is 415 g/mol. The number of aliphatic hydroxyl groups excluding tert-OH is 1. The van der Waals surface area contributed by atoms with Gasteiger partial charge in [-0.05, 0) is 18.2 Å². The van der Waals surface area contributed by atoms with Crippen LogP contribution in [0.5, 0.6) is 0 Å². The Hall–Kier alpha value is -3.30. The van der Waals surface area contributed by atoms with E-state index in [0.29, 0.717) is 22.0 Å². The molecule has 0 bridgehead atoms. The lowest BCUT2D eigenvalue weighted by Gasteiger charge is -2.13. The van der Waals surface area contributed by atoms with Gasteiger partial charge in [-0.3, -0.25) is 19.3 Å². The van der Waals surface area contributed by atoms with Gasteiger partial charge in [-0.15, -0.1) is 0 Å². The standard InChI is InChI=1S/C19H19ClN6O3/c1-21-8-14(11-27)23-18(28)16-7-17(12-3-5-13(20)6-4-12)24-26(19(16)29)15-9-22-25(2)10-15/h3-10,14,27H,11H2,1-2H3,(H,23,28)/b21-8+/t14-/m0/s1. The fourth-order valence-electron chi connectivity index (χ4n) is 2.67. The topological polar surface area (TPSA) is 114 Å². The van der Waals surface area contributed by atoms with Crippen molar-refractivity contribution in [1.82, 2.24) is 24.9 Å². The smallest absolute Gasteiger partial charge is 0.284 e. The van der Waals surface area contributed by atoms with Crippen molar-refractivity contribution in [2.75, 3.05) is 13.7 Å². The first-order chi connectivity index (χ1) is 13.9. The molecule has 0 saturated heterocycles. The van der Waals surface area contributed by atoms with Crippen molar-refractivity contribution in [3.05, 3.63) is 63.7 Å². The van der Waals surface area contributed by atoms with Crippen LogP contribution in [-0.4, -0.2) is 56.5 Å². The zero-order chi connectivity index (χ0) is 21.0. The molecule has 10 heteroatoms. The van der Waals surface area contributed by atoms with Gasteiger partial charge < -0.3 is 10.4 Å². The highest BCUT2D eigenvalue weighted by molar-refractivity contribution is 6.30. The number of aliphatic imine (C=N–C) groups is 1. The lowest BCUT2D eigenvalue weighted by Crippen LogP contribution is -2.42. The molecule has 0 aliphatic rings. The van der Waals surface area contributed by atoms with E-state index in [0.717, 1.165) is 4.68 Å². The molecule has 1 atom stereocenters. The Kier molecular flexibility index (Phi) is 6.20. The predicted molar refractivity (Wildman–Crippen MR) is 110 cm³/mol. The molecule has 0 aliphatic heterocycles. The summed E-state index contributed by atoms with van der Waals surface area (Å²) in [5, 5.41) is 21.0. The van der Waals surface area contributed by atoms with Crippen LogP contribution in [0.2, 0.25) is 5.02 Å². The number of carbonyl (C=O) groups excluding carboxylic acids is 1. The van der Waals surface area contributed by atoms with Gasteiger partial charge in [0.25, 0.3) is 11.5 Å². The molecule has 0 fully saturated rings. The van der Waals surface area contributed by atoms with Gasteiger partial charge in [0.05, 0.1) is 30.7 Å². The van der Waals surface area contributed by atoms with Crippen LogP contribution in [0.4, 0.5) is 0 Å². The largest absolute Gasteiger partial charge is 0.394 e. The third-order valence-electron chi connectivity index (χ3n) is 4.07. The Labute approximate surface area is 171 Å². The highest BCUT2D eigenvalue weighted by Crippen LogP contribution is 2.20. The van der Waals surface area contributed by atoms with Crippen molar-refractivity contribution in [2.45, 2.75) is 6.04 Å². The summed E-state index contributed by atoms with van der Waals surface area (Å²) in [5.74, 6) is -0.649. The first-order valence-electron chi connectivity index (χ1n) is 8.66. The maximum atomic E-state index is 13.0. The second-order valence-corrected chi connectivity index (χ2v) is 6.65. The van der Waals surface area contributed by atoms with Crippen molar-refractivity contribution in [3.8, 4) is 16.9 Å². The van der Waals surface area contributed by atoms with E-state index < -0.39 is 17.5 Å². The van der Waals surface area contributed by atoms with Crippen LogP contribution in [0.15, 0.2) is 52.5 Å². The van der Waals surface area contributed by atoms with E-state index in [1.54, 1.807) is 37.5 Å². The molecule has 2 heterocycles. The molecule has 3 rings (SSSR count). The van der Waals surface area contributed by atoms with E-state index in [9.17, 15) is 14.7 Å². The van der Waals surface area contributed by atoms with Gasteiger partial charge in [-0.1, -0.05) is 23.7 Å². The molecule has 1 aromatic carbocycles. The summed E-state index contributed by atoms with van der Waals surface area (Å²) in [4.78, 5) is 29.5. The molecule has 0 spiro atoms. The summed E-state index contributed by atoms with van der Waals surface area (Å²) < 4.78 is 2.64. The summed E-state index contributed by atoms with van der Waals surface area (Å²) in [6.07, 6.45) is 4.48. The van der Waals surface area contributed by atoms with E-state index in [1.807, 2.05) is 0 Å². The molecule has 0 radical (unpaired) electrons. The molecule has 9 nitrogen and oxygen atoms in total. The van der Waals surface area contributed by atoms with Crippen LogP contribution in [0, 0.1) is 0 Å². The zero-order valence-electron chi connectivity index (χ0n) is 15.8. The number of nitrogens with one attached hydrogen (secondary N) is 1. The number of aromatic nitrogens is 4. The van der Waals surface area contributed by atoms with Crippen molar-refractivity contribution in [3.63, 3.8) is 0 Å². The third kappa shape index (κ3) is 4.58. The molecule has 0 unspecified atom stereocenters. The number of amides is 1. The number of aliphatic hydroxyl groups is 1. The van der Waals surface area contributed by atoms with E-state index >= 15 is 0 Å². The molecule has 150 valence electrons. The molecule has 1 amide bonds. The van der Waals surface area contributed by atoms with E-state index in [4.69, 9.17) is 11.6 Å². The highest BCUT2D eigenvalue weighted by Gasteiger charge is 2.20. The molecule has 3 aromatic rings. The number of nitrogens with zero attached hydrogens (tertiary/aromatic N) is 5. The Morgan fingerprint density at radius 3 is 2.69 bits per heavy atom. The molecular weight excluding hydrogens is 396 g/mol. The van der Waals surface area contributed by atoms with Crippen LogP contribution >= 0.6 is 11.6 Å². The van der Waals surface area contributed by atoms with Crippen LogP contribution in [0.3, 0.4) is 0 Å². The van der Waals surface area contributed by atoms with E-state index in [1.165, 1.54) is 30.2 Å². The first-order valence-corrected chi connectivity index (χ1v) is 9.04. The Morgan fingerprint density at radius 2 is 2.10 bits per heavy atom. The van der Waals surface area contributed by atoms with Crippen molar-refractivity contribution in [2.24, 2.45) is 12.0 Å². The Bertz CT molecular complexity index is 1100. The normalized spacial score (nSPS) is 12.3. The maximum absolute atomic E-state index is 13.0. The van der Waals surface area contributed by atoms with Crippen molar-refractivity contribution in [1.29, 1.82) is 0 Å². The number of halogens is 1. The lowest BCUT2D eigenvalue weighted by atomic mass is 10.1. The second-order valence-electron chi connectivity index (χ2n) is 6.21. The van der Waals surface area contributed by atoms with Crippen LogP contribution in [-0.2, 0) is 7.05 Å². The van der Waals surface area contributed by atoms with Gasteiger partial charge in [0, 0.05) is 30.9 Å². The van der Waals surface area contributed by atoms with Crippen LogP contribution < -0.4 is 10.9 Å². The quantitative estimate of drug-likeness (QED) is 0.586. The summed E-state index contributed by atoms with van der Waals surface area (Å²) >= 11 is 5.95. The third-order valence-corrected chi connectivity index (χ3v) is 4.33. The molecule has 0 aliphatic carbocycles. The number of rotatable bonds is 6. The highest BCUT2D eigenvalue weighted by atomic mass is 35.5. The van der Waals surface area contributed by atoms with Gasteiger partial charge in [0.15, 0.2) is 0 Å². The summed E-state index contributed by atoms with van der Waals surface area (Å²) in [7, 11) is 3.23. The monoisotopic (exact) mass is 414 g/mol. The van der Waals surface area contributed by atoms with Gasteiger partial charge >= 0.3 is 0 Å². The van der Waals surface area contributed by atoms with Crippen LogP contribution in [0.25, 0.3) is 16.9 Å². The molecule has 2 aromatic heterocycles. The van der Waals surface area contributed by atoms with E-state index in [2.05, 4.69) is 20.5 Å². The summed E-state index contributed by atoms with van der Waals surface area (Å²) in [5.41, 5.74) is 0.751. The minimum Gasteiger partial charge on any atom is -0.394 e. The van der Waals surface area contributed by atoms with Gasteiger partial charge in [-0.2, -0.15) is 14.9 Å². The maximum Gasteiger partial charge on any atom is 0.284 e. The fourth-order valence-corrected chi connectivity index (χ4v) is 2.79. The van der Waals surface area contributed by atoms with Crippen LogP contribution in [0.1, 0.15) is 10.4 Å².